The minimum atomic E-state index is -4.53. The third-order valence-electron chi connectivity index (χ3n) is 2.08. The van der Waals surface area contributed by atoms with Crippen molar-refractivity contribution in [3.63, 3.8) is 0 Å². The molecule has 80 valence electrons. The lowest BCUT2D eigenvalue weighted by Gasteiger charge is -2.14. The van der Waals surface area contributed by atoms with Crippen LogP contribution in [0.3, 0.4) is 0 Å². The second-order valence-electron chi connectivity index (χ2n) is 3.07. The molecule has 1 aromatic heterocycles. The molecule has 0 saturated heterocycles. The Kier molecular flexibility index (Phi) is 2.00. The monoisotopic (exact) mass is 217 g/mol. The Bertz CT molecular complexity index is 393. The molecule has 0 aliphatic carbocycles. The van der Waals surface area contributed by atoms with E-state index in [0.29, 0.717) is 5.69 Å². The van der Waals surface area contributed by atoms with Gasteiger partial charge >= 0.3 is 11.8 Å². The highest BCUT2D eigenvalue weighted by Crippen LogP contribution is 2.51. The topological polar surface area (TPSA) is 57.8 Å². The van der Waals surface area contributed by atoms with Gasteiger partial charge in [0, 0.05) is 11.8 Å². The molecule has 15 heavy (non-hydrogen) atoms. The largest absolute Gasteiger partial charge is 0.442 e. The maximum atomic E-state index is 12.5. The van der Waals surface area contributed by atoms with Gasteiger partial charge in [-0.05, 0) is 6.07 Å². The summed E-state index contributed by atoms with van der Waals surface area (Å²) in [6, 6.07) is 2.53. The predicted molar refractivity (Wildman–Crippen MR) is 42.7 cm³/mol. The number of pyridine rings is 1. The Labute approximate surface area is 82.5 Å². The number of hydrogen-bond donors (Lipinski definition) is 1. The molecule has 1 aliphatic heterocycles. The summed E-state index contributed by atoms with van der Waals surface area (Å²) >= 11 is 0. The van der Waals surface area contributed by atoms with Crippen LogP contribution < -0.4 is 0 Å². The highest BCUT2D eigenvalue weighted by Gasteiger charge is 2.65. The Hall–Kier alpha value is -1.50. The van der Waals surface area contributed by atoms with Gasteiger partial charge in [0.15, 0.2) is 0 Å². The van der Waals surface area contributed by atoms with Crippen molar-refractivity contribution in [2.75, 3.05) is 0 Å². The van der Waals surface area contributed by atoms with Crippen molar-refractivity contribution in [2.45, 2.75) is 18.4 Å². The highest BCUT2D eigenvalue weighted by atomic mass is 19.4. The number of hydrogen-bond acceptors (Lipinski definition) is 4. The van der Waals surface area contributed by atoms with Crippen molar-refractivity contribution in [3.8, 4) is 0 Å². The fourth-order valence-corrected chi connectivity index (χ4v) is 1.17. The van der Waals surface area contributed by atoms with Gasteiger partial charge in [-0.3, -0.25) is 4.98 Å². The van der Waals surface area contributed by atoms with E-state index in [9.17, 15) is 13.2 Å². The third kappa shape index (κ3) is 1.48. The van der Waals surface area contributed by atoms with Gasteiger partial charge in [0.1, 0.15) is 0 Å². The molecule has 1 N–H and O–H groups in total. The summed E-state index contributed by atoms with van der Waals surface area (Å²) < 4.78 is 37.5. The molecule has 0 radical (unpaired) electrons. The minimum Gasteiger partial charge on any atom is -0.390 e. The summed E-state index contributed by atoms with van der Waals surface area (Å²) in [7, 11) is 0. The second kappa shape index (κ2) is 2.99. The molecule has 0 spiro atoms. The number of alkyl halides is 3. The zero-order valence-corrected chi connectivity index (χ0v) is 7.36. The van der Waals surface area contributed by atoms with Crippen LogP contribution in [0.4, 0.5) is 13.2 Å². The molecule has 1 aromatic rings. The molecule has 0 fully saturated rings. The van der Waals surface area contributed by atoms with Crippen molar-refractivity contribution in [3.05, 3.63) is 29.6 Å². The van der Waals surface area contributed by atoms with Crippen molar-refractivity contribution in [2.24, 2.45) is 10.2 Å². The van der Waals surface area contributed by atoms with Crippen molar-refractivity contribution < 1.29 is 18.3 Å². The van der Waals surface area contributed by atoms with Gasteiger partial charge in [0.2, 0.25) is 0 Å². The zero-order valence-electron chi connectivity index (χ0n) is 7.36. The first-order valence-corrected chi connectivity index (χ1v) is 4.07. The quantitative estimate of drug-likeness (QED) is 0.820. The van der Waals surface area contributed by atoms with E-state index >= 15 is 0 Å². The van der Waals surface area contributed by atoms with Crippen LogP contribution in [-0.4, -0.2) is 16.3 Å². The van der Waals surface area contributed by atoms with Gasteiger partial charge in [-0.1, -0.05) is 6.07 Å². The second-order valence-corrected chi connectivity index (χ2v) is 3.07. The zero-order chi connectivity index (χ0) is 11.1. The van der Waals surface area contributed by atoms with E-state index in [-0.39, 0.29) is 12.2 Å². The molecule has 1 aliphatic rings. The van der Waals surface area contributed by atoms with Gasteiger partial charge in [-0.2, -0.15) is 13.2 Å². The summed E-state index contributed by atoms with van der Waals surface area (Å²) in [5.41, 5.74) is -2.25. The van der Waals surface area contributed by atoms with Crippen LogP contribution in [0.1, 0.15) is 11.3 Å². The molecule has 0 aromatic carbocycles. The molecular formula is C8H6F3N3O. The average Bonchev–Trinajstić information content (AvgIpc) is 2.98. The van der Waals surface area contributed by atoms with E-state index in [1.54, 1.807) is 0 Å². The fourth-order valence-electron chi connectivity index (χ4n) is 1.17. The third-order valence-corrected chi connectivity index (χ3v) is 2.08. The molecule has 0 amide bonds. The van der Waals surface area contributed by atoms with Gasteiger partial charge < -0.3 is 5.11 Å². The van der Waals surface area contributed by atoms with E-state index in [1.807, 2.05) is 0 Å². The summed E-state index contributed by atoms with van der Waals surface area (Å²) in [5.74, 6) is 0. The molecular weight excluding hydrogens is 211 g/mol. The molecule has 4 nitrogen and oxygen atoms in total. The molecule has 7 heteroatoms. The van der Waals surface area contributed by atoms with Crippen molar-refractivity contribution in [1.29, 1.82) is 0 Å². The first-order chi connectivity index (χ1) is 6.99. The molecule has 2 heterocycles. The number of aromatic nitrogens is 1. The number of nitrogens with zero attached hydrogens (tertiary/aromatic N) is 3. The first-order valence-electron chi connectivity index (χ1n) is 4.07. The lowest BCUT2D eigenvalue weighted by molar-refractivity contribution is -0.166. The summed E-state index contributed by atoms with van der Waals surface area (Å²) in [6.45, 7) is -0.312. The van der Waals surface area contributed by atoms with E-state index < -0.39 is 11.8 Å². The average molecular weight is 217 g/mol. The standard InChI is InChI=1S/C8H6F3N3O/c9-8(10,11)7(13-14-7)5-1-2-6(4-15)12-3-5/h1-3,15H,4H2. The van der Waals surface area contributed by atoms with Crippen LogP contribution in [-0.2, 0) is 12.3 Å². The maximum Gasteiger partial charge on any atom is 0.442 e. The van der Waals surface area contributed by atoms with Gasteiger partial charge in [-0.25, -0.2) is 0 Å². The van der Waals surface area contributed by atoms with Crippen molar-refractivity contribution >= 4 is 0 Å². The Balaban J connectivity index is 2.31. The molecule has 0 saturated carbocycles. The van der Waals surface area contributed by atoms with Gasteiger partial charge in [0.05, 0.1) is 12.3 Å². The number of rotatable bonds is 2. The molecule has 0 bridgehead atoms. The van der Waals surface area contributed by atoms with Crippen LogP contribution in [0.25, 0.3) is 0 Å². The van der Waals surface area contributed by atoms with Crippen LogP contribution >= 0.6 is 0 Å². The minimum absolute atomic E-state index is 0.132. The summed E-state index contributed by atoms with van der Waals surface area (Å²) in [5, 5.41) is 14.7. The Morgan fingerprint density at radius 2 is 1.93 bits per heavy atom. The number of aliphatic hydroxyl groups excluding tert-OH is 1. The molecule has 0 unspecified atom stereocenters. The number of halogens is 3. The normalized spacial score (nSPS) is 17.9. The van der Waals surface area contributed by atoms with Crippen LogP contribution in [0.2, 0.25) is 0 Å². The highest BCUT2D eigenvalue weighted by molar-refractivity contribution is 5.28. The van der Waals surface area contributed by atoms with Crippen LogP contribution in [0.15, 0.2) is 28.6 Å². The van der Waals surface area contributed by atoms with Crippen LogP contribution in [0.5, 0.6) is 0 Å². The van der Waals surface area contributed by atoms with E-state index in [4.69, 9.17) is 5.11 Å². The molecule has 2 rings (SSSR count). The van der Waals surface area contributed by atoms with E-state index in [0.717, 1.165) is 6.20 Å². The lowest BCUT2D eigenvalue weighted by atomic mass is 10.1. The van der Waals surface area contributed by atoms with E-state index in [2.05, 4.69) is 15.2 Å². The first kappa shape index (κ1) is 10.0. The molecule has 0 atom stereocenters. The van der Waals surface area contributed by atoms with Gasteiger partial charge in [0.25, 0.3) is 0 Å². The Morgan fingerprint density at radius 3 is 2.27 bits per heavy atom. The Morgan fingerprint density at radius 1 is 1.27 bits per heavy atom. The SMILES string of the molecule is OCc1ccc(C2(C(F)(F)F)N=N2)cn1. The summed E-state index contributed by atoms with van der Waals surface area (Å²) in [6.07, 6.45) is -3.51. The lowest BCUT2D eigenvalue weighted by Crippen LogP contribution is -2.30. The fraction of sp³-hybridized carbons (Fsp3) is 0.375. The van der Waals surface area contributed by atoms with Crippen LogP contribution in [0, 0.1) is 0 Å². The van der Waals surface area contributed by atoms with Crippen molar-refractivity contribution in [1.82, 2.24) is 4.98 Å². The predicted octanol–water partition coefficient (Wildman–Crippen LogP) is 1.75. The summed E-state index contributed by atoms with van der Waals surface area (Å²) in [4.78, 5) is 3.65. The maximum absolute atomic E-state index is 12.5. The smallest absolute Gasteiger partial charge is 0.390 e. The number of aliphatic hydroxyl groups is 1. The van der Waals surface area contributed by atoms with Gasteiger partial charge in [-0.15, -0.1) is 10.2 Å². The van der Waals surface area contributed by atoms with E-state index in [1.165, 1.54) is 12.1 Å².